The molecule has 1 heterocycles. The molecule has 0 bridgehead atoms. The van der Waals surface area contributed by atoms with Gasteiger partial charge in [0, 0.05) is 11.6 Å². The van der Waals surface area contributed by atoms with E-state index in [1.165, 1.54) is 33.5 Å². The molecule has 0 radical (unpaired) electrons. The topological polar surface area (TPSA) is 3.88 Å². The van der Waals surface area contributed by atoms with Crippen molar-refractivity contribution >= 4 is 0 Å². The van der Waals surface area contributed by atoms with Gasteiger partial charge in [-0.05, 0) is 23.6 Å². The fourth-order valence-corrected chi connectivity index (χ4v) is 3.33. The van der Waals surface area contributed by atoms with Crippen LogP contribution in [0.4, 0.5) is 0 Å². The van der Waals surface area contributed by atoms with Crippen LogP contribution < -0.4 is 4.57 Å². The summed E-state index contributed by atoms with van der Waals surface area (Å²) in [4.78, 5) is 0. The largest absolute Gasteiger partial charge is 0.197 e. The van der Waals surface area contributed by atoms with Gasteiger partial charge in [0.25, 0.3) is 0 Å². The van der Waals surface area contributed by atoms with Gasteiger partial charge in [0.1, 0.15) is 0 Å². The van der Waals surface area contributed by atoms with Crippen molar-refractivity contribution in [1.29, 1.82) is 0 Å². The van der Waals surface area contributed by atoms with E-state index in [1.807, 2.05) is 0 Å². The molecule has 4 rings (SSSR count). The molecule has 0 aliphatic heterocycles. The molecule has 1 aromatic heterocycles. The molecule has 1 aliphatic carbocycles. The lowest BCUT2D eigenvalue weighted by molar-refractivity contribution is -0.694. The monoisotopic (exact) mass is 272 g/mol. The van der Waals surface area contributed by atoms with E-state index >= 15 is 0 Å². The molecule has 102 valence electrons. The SMILES string of the molecule is Cc1cc[n+](Cc2ccccc2)c2c1-c1ccccc1C2. The van der Waals surface area contributed by atoms with Gasteiger partial charge in [-0.15, -0.1) is 0 Å². The van der Waals surface area contributed by atoms with E-state index in [-0.39, 0.29) is 0 Å². The van der Waals surface area contributed by atoms with E-state index in [9.17, 15) is 0 Å². The number of nitrogens with zero attached hydrogens (tertiary/aromatic N) is 1. The molecular formula is C20H18N+. The summed E-state index contributed by atoms with van der Waals surface area (Å²) < 4.78 is 2.40. The summed E-state index contributed by atoms with van der Waals surface area (Å²) in [5.74, 6) is 0. The van der Waals surface area contributed by atoms with Crippen LogP contribution in [0.3, 0.4) is 0 Å². The average Bonchev–Trinajstić information content (AvgIpc) is 2.92. The summed E-state index contributed by atoms with van der Waals surface area (Å²) in [7, 11) is 0. The van der Waals surface area contributed by atoms with Crippen molar-refractivity contribution in [2.45, 2.75) is 19.9 Å². The van der Waals surface area contributed by atoms with Gasteiger partial charge in [-0.3, -0.25) is 0 Å². The second-order valence-electron chi connectivity index (χ2n) is 5.77. The molecule has 0 saturated heterocycles. The minimum Gasteiger partial charge on any atom is -0.197 e. The Labute approximate surface area is 125 Å². The first kappa shape index (κ1) is 12.3. The Morgan fingerprint density at radius 2 is 1.67 bits per heavy atom. The van der Waals surface area contributed by atoms with Crippen LogP contribution in [0.25, 0.3) is 11.1 Å². The molecule has 0 unspecified atom stereocenters. The second-order valence-corrected chi connectivity index (χ2v) is 5.77. The van der Waals surface area contributed by atoms with E-state index in [0.29, 0.717) is 0 Å². The first-order valence-electron chi connectivity index (χ1n) is 7.47. The molecule has 3 aromatic rings. The van der Waals surface area contributed by atoms with Crippen LogP contribution in [0, 0.1) is 6.92 Å². The number of pyridine rings is 1. The van der Waals surface area contributed by atoms with Crippen LogP contribution >= 0.6 is 0 Å². The highest BCUT2D eigenvalue weighted by atomic mass is 15.0. The van der Waals surface area contributed by atoms with Gasteiger partial charge in [-0.2, -0.15) is 4.57 Å². The molecule has 0 fully saturated rings. The Balaban J connectivity index is 1.83. The highest BCUT2D eigenvalue weighted by Gasteiger charge is 2.28. The summed E-state index contributed by atoms with van der Waals surface area (Å²) in [6.45, 7) is 3.16. The Bertz CT molecular complexity index is 803. The van der Waals surface area contributed by atoms with Crippen molar-refractivity contribution in [3.63, 3.8) is 0 Å². The smallest absolute Gasteiger partial charge is 0.194 e. The molecule has 1 nitrogen and oxygen atoms in total. The van der Waals surface area contributed by atoms with Gasteiger partial charge in [-0.1, -0.05) is 54.6 Å². The maximum atomic E-state index is 2.40. The normalized spacial score (nSPS) is 12.0. The molecule has 0 amide bonds. The first-order chi connectivity index (χ1) is 10.3. The van der Waals surface area contributed by atoms with Crippen LogP contribution in [-0.2, 0) is 13.0 Å². The third kappa shape index (κ3) is 2.06. The highest BCUT2D eigenvalue weighted by Crippen LogP contribution is 2.36. The molecule has 1 heteroatoms. The van der Waals surface area contributed by atoms with Crippen molar-refractivity contribution in [2.24, 2.45) is 0 Å². The maximum Gasteiger partial charge on any atom is 0.194 e. The quantitative estimate of drug-likeness (QED) is 0.487. The summed E-state index contributed by atoms with van der Waals surface area (Å²) in [5, 5.41) is 0. The molecule has 0 spiro atoms. The van der Waals surface area contributed by atoms with Crippen LogP contribution in [-0.4, -0.2) is 0 Å². The molecule has 21 heavy (non-hydrogen) atoms. The zero-order valence-corrected chi connectivity index (χ0v) is 12.2. The summed E-state index contributed by atoms with van der Waals surface area (Å²) in [5.41, 5.74) is 8.46. The van der Waals surface area contributed by atoms with Gasteiger partial charge < -0.3 is 0 Å². The predicted octanol–water partition coefficient (Wildman–Crippen LogP) is 3.90. The Hall–Kier alpha value is -2.41. The standard InChI is InChI=1S/C20H18N/c1-15-11-12-21(14-16-7-3-2-4-8-16)19-13-17-9-5-6-10-18(17)20(15)19/h2-12H,13-14H2,1H3/q+1. The molecule has 1 aliphatic rings. The lowest BCUT2D eigenvalue weighted by atomic mass is 10.0. The minimum absolute atomic E-state index is 0.942. The molecular weight excluding hydrogens is 254 g/mol. The predicted molar refractivity (Wildman–Crippen MR) is 85.2 cm³/mol. The Morgan fingerprint density at radius 3 is 2.52 bits per heavy atom. The third-order valence-electron chi connectivity index (χ3n) is 4.37. The number of aryl methyl sites for hydroxylation is 1. The summed E-state index contributed by atoms with van der Waals surface area (Å²) >= 11 is 0. The molecule has 0 saturated carbocycles. The van der Waals surface area contributed by atoms with E-state index in [0.717, 1.165) is 13.0 Å². The highest BCUT2D eigenvalue weighted by molar-refractivity contribution is 5.76. The molecule has 0 atom stereocenters. The van der Waals surface area contributed by atoms with Crippen LogP contribution in [0.2, 0.25) is 0 Å². The minimum atomic E-state index is 0.942. The first-order valence-corrected chi connectivity index (χ1v) is 7.47. The molecule has 2 aromatic carbocycles. The third-order valence-corrected chi connectivity index (χ3v) is 4.37. The lowest BCUT2D eigenvalue weighted by Crippen LogP contribution is -2.38. The summed E-state index contributed by atoms with van der Waals surface area (Å²) in [6, 6.07) is 21.7. The van der Waals surface area contributed by atoms with E-state index < -0.39 is 0 Å². The van der Waals surface area contributed by atoms with Crippen molar-refractivity contribution in [3.8, 4) is 11.1 Å². The van der Waals surface area contributed by atoms with Gasteiger partial charge in [0.2, 0.25) is 0 Å². The van der Waals surface area contributed by atoms with Gasteiger partial charge in [0.15, 0.2) is 18.4 Å². The van der Waals surface area contributed by atoms with E-state index in [1.54, 1.807) is 0 Å². The van der Waals surface area contributed by atoms with Crippen molar-refractivity contribution < 1.29 is 4.57 Å². The number of fused-ring (bicyclic) bond motifs is 3. The zero-order chi connectivity index (χ0) is 14.2. The lowest BCUT2D eigenvalue weighted by Gasteiger charge is -2.06. The number of rotatable bonds is 2. The Morgan fingerprint density at radius 1 is 0.905 bits per heavy atom. The second kappa shape index (κ2) is 4.85. The average molecular weight is 272 g/mol. The number of aromatic nitrogens is 1. The van der Waals surface area contributed by atoms with Crippen LogP contribution in [0.5, 0.6) is 0 Å². The van der Waals surface area contributed by atoms with Crippen molar-refractivity contribution in [2.75, 3.05) is 0 Å². The zero-order valence-electron chi connectivity index (χ0n) is 12.2. The summed E-state index contributed by atoms with van der Waals surface area (Å²) in [6.07, 6.45) is 3.27. The van der Waals surface area contributed by atoms with Gasteiger partial charge in [-0.25, -0.2) is 0 Å². The van der Waals surface area contributed by atoms with Crippen LogP contribution in [0.1, 0.15) is 22.4 Å². The fraction of sp³-hybridized carbons (Fsp3) is 0.150. The fourth-order valence-electron chi connectivity index (χ4n) is 3.33. The van der Waals surface area contributed by atoms with Crippen LogP contribution in [0.15, 0.2) is 66.9 Å². The van der Waals surface area contributed by atoms with Crippen molar-refractivity contribution in [1.82, 2.24) is 0 Å². The number of hydrogen-bond acceptors (Lipinski definition) is 0. The maximum absolute atomic E-state index is 2.40. The van der Waals surface area contributed by atoms with E-state index in [2.05, 4.69) is 78.4 Å². The number of hydrogen-bond donors (Lipinski definition) is 0. The van der Waals surface area contributed by atoms with Crippen molar-refractivity contribution in [3.05, 3.63) is 89.2 Å². The molecule has 0 N–H and O–H groups in total. The van der Waals surface area contributed by atoms with E-state index in [4.69, 9.17) is 0 Å². The van der Waals surface area contributed by atoms with Gasteiger partial charge in [0.05, 0.1) is 12.0 Å². The Kier molecular flexibility index (Phi) is 2.85. The number of benzene rings is 2. The van der Waals surface area contributed by atoms with Gasteiger partial charge >= 0.3 is 0 Å².